The van der Waals surface area contributed by atoms with E-state index in [1.807, 2.05) is 0 Å². The first-order valence-electron chi connectivity index (χ1n) is 0.565. The van der Waals surface area contributed by atoms with Crippen LogP contribution in [-0.2, 0) is 26.2 Å². The van der Waals surface area contributed by atoms with Gasteiger partial charge < -0.3 is 38.1 Å². The summed E-state index contributed by atoms with van der Waals surface area (Å²) in [5, 5.41) is 13.6. The van der Waals surface area contributed by atoms with Gasteiger partial charge >= 0.3 is 0 Å². The third-order valence-electron chi connectivity index (χ3n) is 0. The van der Waals surface area contributed by atoms with E-state index in [0.29, 0.717) is 0 Å². The summed E-state index contributed by atoms with van der Waals surface area (Å²) in [5.41, 5.74) is 0. The molecule has 10 nitrogen and oxygen atoms in total. The Morgan fingerprint density at radius 2 is 0.909 bits per heavy atom. The summed E-state index contributed by atoms with van der Waals surface area (Å²) in [4.78, 5) is 8.36. The van der Waals surface area contributed by atoms with Gasteiger partial charge in [0.1, 0.15) is 0 Å². The first-order valence-corrected chi connectivity index (χ1v) is 0.565. The van der Waals surface area contributed by atoms with Crippen molar-refractivity contribution in [3.8, 4) is 0 Å². The van der Waals surface area contributed by atoms with Gasteiger partial charge in [-0.2, -0.15) is 0 Å². The SMILES string of the molecule is O.O.O.O.O.O.O=[N+]([O-])O.[Zr]. The molecule has 0 aliphatic rings. The molecule has 0 aromatic carbocycles. The molecule has 0 aliphatic heterocycles. The van der Waals surface area contributed by atoms with E-state index in [1.165, 1.54) is 0 Å². The Morgan fingerprint density at radius 1 is 0.909 bits per heavy atom. The molecule has 0 aromatic rings. The molecule has 11 heavy (non-hydrogen) atoms. The van der Waals surface area contributed by atoms with Crippen LogP contribution in [0.5, 0.6) is 0 Å². The molecule has 0 rings (SSSR count). The van der Waals surface area contributed by atoms with Gasteiger partial charge in [-0.05, 0) is 0 Å². The Balaban J connectivity index is -0.00000000214. The first kappa shape index (κ1) is 130. The zero-order chi connectivity index (χ0) is 3.58. The summed E-state index contributed by atoms with van der Waals surface area (Å²) in [5.74, 6) is 0. The maximum atomic E-state index is 8.36. The third-order valence-corrected chi connectivity index (χ3v) is 0. The van der Waals surface area contributed by atoms with E-state index in [1.54, 1.807) is 0 Å². The number of hydrogen-bond donors (Lipinski definition) is 1. The molecule has 0 radical (unpaired) electrons. The van der Waals surface area contributed by atoms with Crippen molar-refractivity contribution in [3.05, 3.63) is 10.1 Å². The minimum atomic E-state index is -1.50. The fourth-order valence-corrected chi connectivity index (χ4v) is 0. The molecule has 13 N–H and O–H groups in total. The maximum absolute atomic E-state index is 8.36. The van der Waals surface area contributed by atoms with E-state index in [-0.39, 0.29) is 59.1 Å². The zero-order valence-electron chi connectivity index (χ0n) is 5.21. The Hall–Kier alpha value is -0.157. The van der Waals surface area contributed by atoms with Crippen molar-refractivity contribution in [1.82, 2.24) is 0 Å². The molecule has 0 amide bonds. The Kier molecular flexibility index (Phi) is 1130. The molecule has 0 fully saturated rings. The first-order chi connectivity index (χ1) is 1.73. The number of nitrogens with zero attached hydrogens (tertiary/aromatic N) is 1. The van der Waals surface area contributed by atoms with Gasteiger partial charge in [0.2, 0.25) is 0 Å². The third kappa shape index (κ3) is 24600. The van der Waals surface area contributed by atoms with Crippen LogP contribution < -0.4 is 0 Å². The van der Waals surface area contributed by atoms with Crippen LogP contribution in [0, 0.1) is 10.1 Å². The van der Waals surface area contributed by atoms with Crippen LogP contribution in [-0.4, -0.2) is 43.2 Å². The molecule has 11 heteroatoms. The summed E-state index contributed by atoms with van der Waals surface area (Å²) in [6, 6.07) is 0. The average molecular weight is 262 g/mol. The second-order valence-corrected chi connectivity index (χ2v) is 0.238. The van der Waals surface area contributed by atoms with Gasteiger partial charge in [-0.3, -0.25) is 0 Å². The van der Waals surface area contributed by atoms with Gasteiger partial charge in [0.25, 0.3) is 5.09 Å². The summed E-state index contributed by atoms with van der Waals surface area (Å²) < 4.78 is 0. The van der Waals surface area contributed by atoms with Gasteiger partial charge in [0, 0.05) is 26.2 Å². The van der Waals surface area contributed by atoms with Crippen molar-refractivity contribution >= 4 is 0 Å². The maximum Gasteiger partial charge on any atom is 0.291 e. The van der Waals surface area contributed by atoms with Crippen molar-refractivity contribution in [3.63, 3.8) is 0 Å². The fraction of sp³-hybridized carbons (Fsp3) is 0. The van der Waals surface area contributed by atoms with Gasteiger partial charge in [0.15, 0.2) is 0 Å². The average Bonchev–Trinajstić information content (AvgIpc) is 0.811. The van der Waals surface area contributed by atoms with Gasteiger partial charge in [-0.25, -0.2) is 0 Å². The summed E-state index contributed by atoms with van der Waals surface area (Å²) in [6.45, 7) is 0. The smallest absolute Gasteiger partial charge is 0.291 e. The molecular formula is H13NO9Zr. The Labute approximate surface area is 79.9 Å². The molecule has 0 aromatic heterocycles. The topological polar surface area (TPSA) is 252 Å². The second-order valence-electron chi connectivity index (χ2n) is 0.238. The zero-order valence-corrected chi connectivity index (χ0v) is 7.67. The number of rotatable bonds is 0. The van der Waals surface area contributed by atoms with Crippen LogP contribution >= 0.6 is 0 Å². The van der Waals surface area contributed by atoms with Gasteiger partial charge in [0.05, 0.1) is 0 Å². The Morgan fingerprint density at radius 3 is 0.909 bits per heavy atom. The van der Waals surface area contributed by atoms with E-state index >= 15 is 0 Å². The fourth-order valence-electron chi connectivity index (χ4n) is 0. The van der Waals surface area contributed by atoms with E-state index in [4.69, 9.17) is 15.3 Å². The predicted octanol–water partition coefficient (Wildman–Crippen LogP) is -5.30. The van der Waals surface area contributed by atoms with Gasteiger partial charge in [-0.1, -0.05) is 0 Å². The minimum Gasteiger partial charge on any atom is -0.412 e. The van der Waals surface area contributed by atoms with Crippen LogP contribution in [0.25, 0.3) is 0 Å². The van der Waals surface area contributed by atoms with Crippen LogP contribution in [0.4, 0.5) is 0 Å². The predicted molar refractivity (Wildman–Crippen MR) is 30.5 cm³/mol. The minimum absolute atomic E-state index is 0. The molecule has 0 aliphatic carbocycles. The molecule has 0 heterocycles. The largest absolute Gasteiger partial charge is 0.412 e. The molecule has 0 atom stereocenters. The van der Waals surface area contributed by atoms with Crippen molar-refractivity contribution in [2.75, 3.05) is 0 Å². The number of hydrogen-bond acceptors (Lipinski definition) is 2. The van der Waals surface area contributed by atoms with Gasteiger partial charge in [-0.15, -0.1) is 10.1 Å². The summed E-state index contributed by atoms with van der Waals surface area (Å²) in [7, 11) is 0. The molecule has 76 valence electrons. The molecule has 0 bridgehead atoms. The molecule has 0 saturated carbocycles. The molecular weight excluding hydrogens is 249 g/mol. The van der Waals surface area contributed by atoms with Crippen molar-refractivity contribution in [1.29, 1.82) is 0 Å². The van der Waals surface area contributed by atoms with Crippen LogP contribution in [0.3, 0.4) is 0 Å². The van der Waals surface area contributed by atoms with Crippen molar-refractivity contribution < 1.29 is 69.4 Å². The van der Waals surface area contributed by atoms with Crippen molar-refractivity contribution in [2.45, 2.75) is 0 Å². The molecule has 0 spiro atoms. The van der Waals surface area contributed by atoms with Crippen molar-refractivity contribution in [2.24, 2.45) is 0 Å². The van der Waals surface area contributed by atoms with Crippen LogP contribution in [0.2, 0.25) is 0 Å². The molecule has 0 saturated heterocycles. The Bertz CT molecular complexity index is 32.5. The van der Waals surface area contributed by atoms with Crippen LogP contribution in [0.1, 0.15) is 0 Å². The summed E-state index contributed by atoms with van der Waals surface area (Å²) in [6.07, 6.45) is 0. The molecule has 0 unspecified atom stereocenters. The van der Waals surface area contributed by atoms with E-state index < -0.39 is 5.09 Å². The van der Waals surface area contributed by atoms with E-state index in [0.717, 1.165) is 0 Å². The van der Waals surface area contributed by atoms with E-state index in [9.17, 15) is 0 Å². The summed E-state index contributed by atoms with van der Waals surface area (Å²) >= 11 is 0. The normalized spacial score (nSPS) is 2.18. The quantitative estimate of drug-likeness (QED) is 0.331. The van der Waals surface area contributed by atoms with E-state index in [2.05, 4.69) is 0 Å². The monoisotopic (exact) mass is 261 g/mol. The second kappa shape index (κ2) is 95.2. The van der Waals surface area contributed by atoms with Crippen LogP contribution in [0.15, 0.2) is 0 Å². The standard InChI is InChI=1S/HNO3.6H2O.Zr/c2-1(3)4;;;;;;;/h(H,2,3,4);6*1H2;.